The van der Waals surface area contributed by atoms with E-state index in [2.05, 4.69) is 5.32 Å². The first-order valence-electron chi connectivity index (χ1n) is 7.76. The lowest BCUT2D eigenvalue weighted by Gasteiger charge is -2.42. The number of hydrogen-bond acceptors (Lipinski definition) is 7. The molecule has 0 aromatic carbocycles. The van der Waals surface area contributed by atoms with Gasteiger partial charge in [-0.2, -0.15) is 0 Å². The van der Waals surface area contributed by atoms with Gasteiger partial charge in [0.05, 0.1) is 6.04 Å². The minimum absolute atomic E-state index is 0.0636. The van der Waals surface area contributed by atoms with E-state index in [1.807, 2.05) is 20.8 Å². The molecule has 2 fully saturated rings. The van der Waals surface area contributed by atoms with Gasteiger partial charge >= 0.3 is 5.97 Å². The van der Waals surface area contributed by atoms with Gasteiger partial charge in [0.25, 0.3) is 0 Å². The van der Waals surface area contributed by atoms with E-state index < -0.39 is 17.9 Å². The average Bonchev–Trinajstić information content (AvgIpc) is 2.75. The van der Waals surface area contributed by atoms with Crippen molar-refractivity contribution in [2.75, 3.05) is 12.4 Å². The third-order valence-corrected chi connectivity index (χ3v) is 4.69. The van der Waals surface area contributed by atoms with Crippen LogP contribution >= 0.6 is 11.8 Å². The molecule has 0 aliphatic carbocycles. The second-order valence-electron chi connectivity index (χ2n) is 6.09. The van der Waals surface area contributed by atoms with Crippen LogP contribution in [-0.4, -0.2) is 59.8 Å². The predicted octanol–water partition coefficient (Wildman–Crippen LogP) is 1.05. The lowest BCUT2D eigenvalue weighted by Crippen LogP contribution is -2.62. The lowest BCUT2D eigenvalue weighted by atomic mass is 9.97. The molecule has 2 heterocycles. The molecule has 0 aromatic rings. The summed E-state index contributed by atoms with van der Waals surface area (Å²) in [4.78, 5) is 22.7. The number of carbonyl (C=O) groups is 2. The van der Waals surface area contributed by atoms with Gasteiger partial charge in [0.1, 0.15) is 30.4 Å². The molecule has 2 aliphatic heterocycles. The summed E-state index contributed by atoms with van der Waals surface area (Å²) >= 11 is 1.61. The highest BCUT2D eigenvalue weighted by molar-refractivity contribution is 7.99. The summed E-state index contributed by atoms with van der Waals surface area (Å²) in [5, 5.41) is 2.86. The number of rotatable bonds is 5. The number of fused-ring (bicyclic) bond motifs is 1. The maximum atomic E-state index is 11.6. The SMILES string of the molecule is CCS[C@H]1O[C@H](COC(C)=O)[C@H](NC(C)=O)[C@@H]2OC(C)(C)O[C@@H]21. The third-order valence-electron chi connectivity index (χ3n) is 3.65. The second-order valence-corrected chi connectivity index (χ2v) is 7.47. The molecular weight excluding hydrogens is 322 g/mol. The third kappa shape index (κ3) is 4.59. The Bertz CT molecular complexity index is 457. The van der Waals surface area contributed by atoms with E-state index in [1.165, 1.54) is 13.8 Å². The molecule has 5 atom stereocenters. The summed E-state index contributed by atoms with van der Waals surface area (Å²) in [6.45, 7) is 8.55. The van der Waals surface area contributed by atoms with Gasteiger partial charge in [-0.25, -0.2) is 0 Å². The van der Waals surface area contributed by atoms with Crippen molar-refractivity contribution < 1.29 is 28.5 Å². The Hall–Kier alpha value is -0.830. The molecule has 2 rings (SSSR count). The summed E-state index contributed by atoms with van der Waals surface area (Å²) in [7, 11) is 0. The van der Waals surface area contributed by atoms with E-state index in [4.69, 9.17) is 18.9 Å². The van der Waals surface area contributed by atoms with E-state index in [-0.39, 0.29) is 36.1 Å². The van der Waals surface area contributed by atoms with Crippen LogP contribution in [0.5, 0.6) is 0 Å². The van der Waals surface area contributed by atoms with E-state index in [1.54, 1.807) is 11.8 Å². The molecule has 0 radical (unpaired) electrons. The Balaban J connectivity index is 2.22. The van der Waals surface area contributed by atoms with Crippen LogP contribution in [0.1, 0.15) is 34.6 Å². The first-order chi connectivity index (χ1) is 10.7. The Morgan fingerprint density at radius 1 is 1.22 bits per heavy atom. The fraction of sp³-hybridized carbons (Fsp3) is 0.867. The summed E-state index contributed by atoms with van der Waals surface area (Å²) in [6, 6.07) is -0.438. The molecule has 8 heteroatoms. The Kier molecular flexibility index (Phi) is 5.94. The maximum absolute atomic E-state index is 11.6. The number of ether oxygens (including phenoxy) is 4. The number of carbonyl (C=O) groups excluding carboxylic acids is 2. The molecule has 2 saturated heterocycles. The van der Waals surface area contributed by atoms with E-state index in [9.17, 15) is 9.59 Å². The summed E-state index contributed by atoms with van der Waals surface area (Å²) in [5.74, 6) is -0.484. The van der Waals surface area contributed by atoms with Gasteiger partial charge in [0, 0.05) is 13.8 Å². The van der Waals surface area contributed by atoms with Crippen LogP contribution in [0.3, 0.4) is 0 Å². The van der Waals surface area contributed by atoms with Crippen LogP contribution in [0, 0.1) is 0 Å². The largest absolute Gasteiger partial charge is 0.463 e. The highest BCUT2D eigenvalue weighted by Crippen LogP contribution is 2.40. The van der Waals surface area contributed by atoms with Crippen LogP contribution in [0.25, 0.3) is 0 Å². The Labute approximate surface area is 140 Å². The van der Waals surface area contributed by atoms with Crippen LogP contribution in [0.15, 0.2) is 0 Å². The van der Waals surface area contributed by atoms with Crippen molar-refractivity contribution in [2.24, 2.45) is 0 Å². The van der Waals surface area contributed by atoms with Crippen molar-refractivity contribution in [3.63, 3.8) is 0 Å². The van der Waals surface area contributed by atoms with Crippen LogP contribution in [0.2, 0.25) is 0 Å². The molecule has 0 bridgehead atoms. The van der Waals surface area contributed by atoms with Crippen molar-refractivity contribution in [3.8, 4) is 0 Å². The second kappa shape index (κ2) is 7.38. The van der Waals surface area contributed by atoms with Crippen LogP contribution in [0.4, 0.5) is 0 Å². The molecule has 0 unspecified atom stereocenters. The predicted molar refractivity (Wildman–Crippen MR) is 84.9 cm³/mol. The Morgan fingerprint density at radius 2 is 1.87 bits per heavy atom. The molecular formula is C15H25NO6S. The average molecular weight is 347 g/mol. The van der Waals surface area contributed by atoms with Crippen LogP contribution in [-0.2, 0) is 28.5 Å². The van der Waals surface area contributed by atoms with Gasteiger partial charge in [-0.15, -0.1) is 11.8 Å². The first-order valence-corrected chi connectivity index (χ1v) is 8.81. The molecule has 0 aromatic heterocycles. The number of amides is 1. The summed E-state index contributed by atoms with van der Waals surface area (Å²) in [5.41, 5.74) is -0.239. The van der Waals surface area contributed by atoms with Crippen molar-refractivity contribution in [1.29, 1.82) is 0 Å². The molecule has 7 nitrogen and oxygen atoms in total. The molecule has 2 aliphatic rings. The monoisotopic (exact) mass is 347 g/mol. The number of esters is 1. The minimum atomic E-state index is -0.752. The Morgan fingerprint density at radius 3 is 2.43 bits per heavy atom. The van der Waals surface area contributed by atoms with Crippen molar-refractivity contribution in [1.82, 2.24) is 5.32 Å². The fourth-order valence-electron chi connectivity index (χ4n) is 2.90. The van der Waals surface area contributed by atoms with Crippen molar-refractivity contribution in [2.45, 2.75) is 70.2 Å². The van der Waals surface area contributed by atoms with Gasteiger partial charge in [0.2, 0.25) is 5.91 Å². The standard InChI is InChI=1S/C15H25NO6S/c1-6-23-14-13-12(21-15(4,5)22-13)11(16-8(2)17)10(20-14)7-19-9(3)18/h10-14H,6-7H2,1-5H3,(H,16,17)/t10-,11+,12+,13+,14-/m1/s1. The highest BCUT2D eigenvalue weighted by atomic mass is 32.2. The number of thioether (sulfide) groups is 1. The zero-order valence-corrected chi connectivity index (χ0v) is 15.0. The van der Waals surface area contributed by atoms with E-state index in [0.717, 1.165) is 5.75 Å². The molecule has 1 amide bonds. The van der Waals surface area contributed by atoms with E-state index in [0.29, 0.717) is 0 Å². The van der Waals surface area contributed by atoms with Crippen molar-refractivity contribution >= 4 is 23.6 Å². The smallest absolute Gasteiger partial charge is 0.302 e. The fourth-order valence-corrected chi connectivity index (χ4v) is 3.85. The van der Waals surface area contributed by atoms with Gasteiger partial charge in [0.15, 0.2) is 5.79 Å². The highest BCUT2D eigenvalue weighted by Gasteiger charge is 2.55. The lowest BCUT2D eigenvalue weighted by molar-refractivity contribution is -0.158. The van der Waals surface area contributed by atoms with Gasteiger partial charge in [-0.1, -0.05) is 6.92 Å². The van der Waals surface area contributed by atoms with Crippen LogP contribution < -0.4 is 5.32 Å². The molecule has 0 spiro atoms. The molecule has 132 valence electrons. The quantitative estimate of drug-likeness (QED) is 0.744. The minimum Gasteiger partial charge on any atom is -0.463 e. The van der Waals surface area contributed by atoms with Gasteiger partial charge < -0.3 is 24.3 Å². The maximum Gasteiger partial charge on any atom is 0.302 e. The first kappa shape index (κ1) is 18.5. The van der Waals surface area contributed by atoms with Gasteiger partial charge in [-0.05, 0) is 19.6 Å². The number of hydrogen-bond donors (Lipinski definition) is 1. The summed E-state index contributed by atoms with van der Waals surface area (Å²) in [6.07, 6.45) is -1.13. The normalized spacial score (nSPS) is 35.4. The summed E-state index contributed by atoms with van der Waals surface area (Å²) < 4.78 is 23.1. The molecule has 23 heavy (non-hydrogen) atoms. The molecule has 0 saturated carbocycles. The van der Waals surface area contributed by atoms with E-state index >= 15 is 0 Å². The topological polar surface area (TPSA) is 83.1 Å². The molecule has 1 N–H and O–H groups in total. The zero-order valence-electron chi connectivity index (χ0n) is 14.2. The number of nitrogens with one attached hydrogen (secondary N) is 1. The zero-order chi connectivity index (χ0) is 17.2. The van der Waals surface area contributed by atoms with Crippen molar-refractivity contribution in [3.05, 3.63) is 0 Å². The van der Waals surface area contributed by atoms with Gasteiger partial charge in [-0.3, -0.25) is 9.59 Å².